The van der Waals surface area contributed by atoms with E-state index >= 15 is 0 Å². The van der Waals surface area contributed by atoms with Gasteiger partial charge in [-0.1, -0.05) is 19.3 Å². The Hall–Kier alpha value is -0.910. The van der Waals surface area contributed by atoms with Gasteiger partial charge in [0.15, 0.2) is 0 Å². The number of rotatable bonds is 8. The lowest BCUT2D eigenvalue weighted by molar-refractivity contribution is 0.188. The average Bonchev–Trinajstić information content (AvgIpc) is 2.96. The molecule has 5 heteroatoms. The highest BCUT2D eigenvalue weighted by molar-refractivity contribution is 5.02. The summed E-state index contributed by atoms with van der Waals surface area (Å²) < 4.78 is 7.25. The van der Waals surface area contributed by atoms with Crippen molar-refractivity contribution in [3.63, 3.8) is 0 Å². The van der Waals surface area contributed by atoms with Crippen LogP contribution in [0.2, 0.25) is 0 Å². The molecule has 1 atom stereocenters. The first-order chi connectivity index (χ1) is 9.83. The number of ether oxygens (including phenoxy) is 1. The van der Waals surface area contributed by atoms with Crippen molar-refractivity contribution >= 4 is 0 Å². The van der Waals surface area contributed by atoms with Crippen LogP contribution in [0.1, 0.15) is 56.7 Å². The Labute approximate surface area is 121 Å². The maximum Gasteiger partial charge on any atom is 0.0640 e. The van der Waals surface area contributed by atoms with Gasteiger partial charge >= 0.3 is 0 Å². The van der Waals surface area contributed by atoms with Crippen LogP contribution in [-0.4, -0.2) is 29.5 Å². The van der Waals surface area contributed by atoms with Crippen molar-refractivity contribution in [2.45, 2.75) is 63.5 Å². The predicted octanol–water partition coefficient (Wildman–Crippen LogP) is 2.19. The predicted molar refractivity (Wildman–Crippen MR) is 80.3 cm³/mol. The molecule has 1 aromatic heterocycles. The third-order valence-electron chi connectivity index (χ3n) is 4.20. The molecule has 114 valence electrons. The second-order valence-electron chi connectivity index (χ2n) is 5.78. The summed E-state index contributed by atoms with van der Waals surface area (Å²) in [6.07, 6.45) is 11.7. The first-order valence-electron chi connectivity index (χ1n) is 7.82. The van der Waals surface area contributed by atoms with Gasteiger partial charge in [0.1, 0.15) is 0 Å². The van der Waals surface area contributed by atoms with E-state index in [1.165, 1.54) is 32.1 Å². The zero-order valence-corrected chi connectivity index (χ0v) is 12.6. The molecule has 0 radical (unpaired) electrons. The van der Waals surface area contributed by atoms with E-state index in [1.807, 2.05) is 0 Å². The summed E-state index contributed by atoms with van der Waals surface area (Å²) in [5.74, 6) is 5.63. The Kier molecular flexibility index (Phi) is 6.50. The van der Waals surface area contributed by atoms with Crippen molar-refractivity contribution in [3.05, 3.63) is 18.0 Å². The molecule has 0 aromatic carbocycles. The van der Waals surface area contributed by atoms with Crippen LogP contribution in [0.25, 0.3) is 0 Å². The molecule has 1 aliphatic carbocycles. The maximum absolute atomic E-state index is 5.63. The Balaban J connectivity index is 1.84. The summed E-state index contributed by atoms with van der Waals surface area (Å²) >= 11 is 0. The molecule has 1 aromatic rings. The van der Waals surface area contributed by atoms with Gasteiger partial charge in [-0.3, -0.25) is 16.0 Å². The Morgan fingerprint density at radius 1 is 1.45 bits per heavy atom. The minimum atomic E-state index is 0.278. The van der Waals surface area contributed by atoms with E-state index in [1.54, 1.807) is 7.11 Å². The van der Waals surface area contributed by atoms with Crippen molar-refractivity contribution < 1.29 is 4.74 Å². The van der Waals surface area contributed by atoms with Gasteiger partial charge in [-0.15, -0.1) is 0 Å². The van der Waals surface area contributed by atoms with Crippen LogP contribution in [0.3, 0.4) is 0 Å². The van der Waals surface area contributed by atoms with Crippen LogP contribution in [0, 0.1) is 0 Å². The minimum Gasteiger partial charge on any atom is -0.385 e. The standard InChI is InChI=1S/C15H28N4O/c1-20-11-5-6-13(17-16)12-14-9-10-19(18-14)15-7-3-2-4-8-15/h9-10,13,15,17H,2-8,11-12,16H2,1H3. The molecule has 5 nitrogen and oxygen atoms in total. The monoisotopic (exact) mass is 280 g/mol. The average molecular weight is 280 g/mol. The topological polar surface area (TPSA) is 65.1 Å². The fourth-order valence-electron chi connectivity index (χ4n) is 3.01. The molecule has 0 amide bonds. The number of hydrogen-bond acceptors (Lipinski definition) is 4. The van der Waals surface area contributed by atoms with E-state index in [9.17, 15) is 0 Å². The van der Waals surface area contributed by atoms with E-state index in [0.29, 0.717) is 6.04 Å². The number of nitrogens with two attached hydrogens (primary N) is 1. The molecule has 2 rings (SSSR count). The lowest BCUT2D eigenvalue weighted by Gasteiger charge is -2.22. The summed E-state index contributed by atoms with van der Waals surface area (Å²) in [6.45, 7) is 0.786. The van der Waals surface area contributed by atoms with E-state index in [0.717, 1.165) is 31.6 Å². The van der Waals surface area contributed by atoms with Crippen molar-refractivity contribution in [2.24, 2.45) is 5.84 Å². The fourth-order valence-corrected chi connectivity index (χ4v) is 3.01. The number of hydrazine groups is 1. The second kappa shape index (κ2) is 8.39. The summed E-state index contributed by atoms with van der Waals surface area (Å²) in [4.78, 5) is 0. The van der Waals surface area contributed by atoms with Crippen LogP contribution in [0.5, 0.6) is 0 Å². The van der Waals surface area contributed by atoms with E-state index in [-0.39, 0.29) is 6.04 Å². The highest BCUT2D eigenvalue weighted by Gasteiger charge is 2.17. The van der Waals surface area contributed by atoms with Crippen LogP contribution >= 0.6 is 0 Å². The minimum absolute atomic E-state index is 0.278. The quantitative estimate of drug-likeness (QED) is 0.435. The lowest BCUT2D eigenvalue weighted by Crippen LogP contribution is -2.37. The van der Waals surface area contributed by atoms with Gasteiger partial charge < -0.3 is 4.74 Å². The van der Waals surface area contributed by atoms with Gasteiger partial charge in [0.2, 0.25) is 0 Å². The van der Waals surface area contributed by atoms with Gasteiger partial charge in [-0.2, -0.15) is 5.10 Å². The molecule has 1 aliphatic rings. The van der Waals surface area contributed by atoms with Crippen molar-refractivity contribution in [1.29, 1.82) is 0 Å². The number of hydrogen-bond donors (Lipinski definition) is 2. The summed E-state index contributed by atoms with van der Waals surface area (Å²) in [5.41, 5.74) is 4.03. The smallest absolute Gasteiger partial charge is 0.0640 e. The van der Waals surface area contributed by atoms with Crippen molar-refractivity contribution in [1.82, 2.24) is 15.2 Å². The number of methoxy groups -OCH3 is 1. The highest BCUT2D eigenvalue weighted by Crippen LogP contribution is 2.27. The molecule has 0 bridgehead atoms. The zero-order valence-electron chi connectivity index (χ0n) is 12.6. The lowest BCUT2D eigenvalue weighted by atomic mass is 9.96. The van der Waals surface area contributed by atoms with Crippen LogP contribution in [0.15, 0.2) is 12.3 Å². The van der Waals surface area contributed by atoms with Gasteiger partial charge in [-0.25, -0.2) is 0 Å². The Bertz CT molecular complexity index is 374. The molecule has 1 saturated carbocycles. The number of nitrogens with zero attached hydrogens (tertiary/aromatic N) is 2. The normalized spacial score (nSPS) is 18.3. The molecule has 0 spiro atoms. The first kappa shape index (κ1) is 15.5. The van der Waals surface area contributed by atoms with Gasteiger partial charge in [0.25, 0.3) is 0 Å². The molecular weight excluding hydrogens is 252 g/mol. The largest absolute Gasteiger partial charge is 0.385 e. The summed E-state index contributed by atoms with van der Waals surface area (Å²) in [5, 5.41) is 4.74. The van der Waals surface area contributed by atoms with Crippen LogP contribution in [-0.2, 0) is 11.2 Å². The molecule has 1 unspecified atom stereocenters. The number of aromatic nitrogens is 2. The zero-order chi connectivity index (χ0) is 14.2. The van der Waals surface area contributed by atoms with Crippen molar-refractivity contribution in [2.75, 3.05) is 13.7 Å². The Morgan fingerprint density at radius 2 is 2.25 bits per heavy atom. The molecule has 1 fully saturated rings. The van der Waals surface area contributed by atoms with Gasteiger partial charge in [0, 0.05) is 32.4 Å². The van der Waals surface area contributed by atoms with Gasteiger partial charge in [-0.05, 0) is 31.7 Å². The van der Waals surface area contributed by atoms with E-state index < -0.39 is 0 Å². The van der Waals surface area contributed by atoms with Crippen LogP contribution < -0.4 is 11.3 Å². The highest BCUT2D eigenvalue weighted by atomic mass is 16.5. The molecule has 0 aliphatic heterocycles. The molecule has 0 saturated heterocycles. The number of nitrogens with one attached hydrogen (secondary N) is 1. The first-order valence-corrected chi connectivity index (χ1v) is 7.82. The van der Waals surface area contributed by atoms with Crippen LogP contribution in [0.4, 0.5) is 0 Å². The summed E-state index contributed by atoms with van der Waals surface area (Å²) in [7, 11) is 1.73. The fraction of sp³-hybridized carbons (Fsp3) is 0.800. The SMILES string of the molecule is COCCCC(Cc1ccn(C2CCCCC2)n1)NN. The van der Waals surface area contributed by atoms with E-state index in [2.05, 4.69) is 22.4 Å². The van der Waals surface area contributed by atoms with Crippen molar-refractivity contribution in [3.8, 4) is 0 Å². The molecular formula is C15H28N4O. The van der Waals surface area contributed by atoms with Gasteiger partial charge in [0.05, 0.1) is 11.7 Å². The molecule has 20 heavy (non-hydrogen) atoms. The molecule has 3 N–H and O–H groups in total. The van der Waals surface area contributed by atoms with E-state index in [4.69, 9.17) is 15.7 Å². The Morgan fingerprint density at radius 3 is 2.95 bits per heavy atom. The maximum atomic E-state index is 5.63. The third-order valence-corrected chi connectivity index (χ3v) is 4.20. The third kappa shape index (κ3) is 4.58. The second-order valence-corrected chi connectivity index (χ2v) is 5.78. The molecule has 1 heterocycles. The summed E-state index contributed by atoms with van der Waals surface area (Å²) in [6, 6.07) is 3.02.